The number of H-pyrrole nitrogens is 1. The quantitative estimate of drug-likeness (QED) is 0.632. The number of amides is 2. The molecular weight excluding hydrogens is 412 g/mol. The van der Waals surface area contributed by atoms with Gasteiger partial charge in [-0.25, -0.2) is 9.78 Å². The van der Waals surface area contributed by atoms with Crippen molar-refractivity contribution in [3.8, 4) is 0 Å². The molecule has 2 aromatic heterocycles. The second-order valence-corrected chi connectivity index (χ2v) is 8.81. The van der Waals surface area contributed by atoms with Gasteiger partial charge in [0.1, 0.15) is 11.3 Å². The third kappa shape index (κ3) is 3.14. The van der Waals surface area contributed by atoms with E-state index in [1.807, 2.05) is 32.9 Å². The Kier molecular flexibility index (Phi) is 4.83. The van der Waals surface area contributed by atoms with Crippen LogP contribution in [0.3, 0.4) is 0 Å². The van der Waals surface area contributed by atoms with Gasteiger partial charge in [0.05, 0.1) is 11.1 Å². The number of nitrogens with zero attached hydrogens (tertiary/aromatic N) is 4. The molecular formula is C22H26N6O4. The van der Waals surface area contributed by atoms with E-state index in [4.69, 9.17) is 0 Å². The summed E-state index contributed by atoms with van der Waals surface area (Å²) in [6.45, 7) is 5.67. The fourth-order valence-corrected chi connectivity index (χ4v) is 4.36. The molecule has 0 bridgehead atoms. The summed E-state index contributed by atoms with van der Waals surface area (Å²) in [4.78, 5) is 58.4. The molecule has 2 amide bonds. The number of benzene rings is 1. The number of imidazole rings is 1. The van der Waals surface area contributed by atoms with Crippen molar-refractivity contribution in [2.24, 2.45) is 14.1 Å². The number of likely N-dealkylation sites (N-methyl/N-ethyl adjacent to an activating group) is 1. The summed E-state index contributed by atoms with van der Waals surface area (Å²) in [5, 5.41) is 2.89. The number of fused-ring (bicyclic) bond motifs is 2. The maximum absolute atomic E-state index is 12.6. The van der Waals surface area contributed by atoms with E-state index in [1.165, 1.54) is 11.6 Å². The predicted molar refractivity (Wildman–Crippen MR) is 121 cm³/mol. The molecule has 0 saturated heterocycles. The van der Waals surface area contributed by atoms with Crippen LogP contribution in [0.25, 0.3) is 11.2 Å². The van der Waals surface area contributed by atoms with E-state index in [0.717, 1.165) is 21.4 Å². The number of aromatic nitrogens is 4. The average molecular weight is 438 g/mol. The topological polar surface area (TPSA) is 122 Å². The molecule has 0 aliphatic carbocycles. The molecule has 1 aromatic carbocycles. The number of rotatable bonds is 4. The van der Waals surface area contributed by atoms with E-state index in [9.17, 15) is 19.2 Å². The van der Waals surface area contributed by atoms with Gasteiger partial charge in [-0.3, -0.25) is 23.5 Å². The lowest BCUT2D eigenvalue weighted by Crippen LogP contribution is -2.36. The number of aryl methyl sites for hydroxylation is 3. The number of carbonyl (C=O) groups is 2. The minimum absolute atomic E-state index is 0.0181. The molecule has 0 fully saturated rings. The van der Waals surface area contributed by atoms with E-state index < -0.39 is 16.7 Å². The van der Waals surface area contributed by atoms with Gasteiger partial charge in [0.25, 0.3) is 5.56 Å². The summed E-state index contributed by atoms with van der Waals surface area (Å²) < 4.78 is 2.31. The summed E-state index contributed by atoms with van der Waals surface area (Å²) in [6.07, 6.45) is 0.404. The number of nitrogens with one attached hydrogen (secondary N) is 2. The molecule has 0 saturated carbocycles. The van der Waals surface area contributed by atoms with Crippen molar-refractivity contribution in [1.82, 2.24) is 19.1 Å². The van der Waals surface area contributed by atoms with Crippen LogP contribution >= 0.6 is 0 Å². The fourth-order valence-electron chi connectivity index (χ4n) is 4.36. The van der Waals surface area contributed by atoms with E-state index >= 15 is 0 Å². The van der Waals surface area contributed by atoms with Gasteiger partial charge in [0.2, 0.25) is 11.8 Å². The van der Waals surface area contributed by atoms with E-state index in [0.29, 0.717) is 11.5 Å². The average Bonchev–Trinajstić information content (AvgIpc) is 3.24. The molecule has 10 nitrogen and oxygen atoms in total. The SMILES string of the molecule is Cc1cc(NC(=O)CCc2nc3c([nH]2)c(=O)n(C)c(=O)n3C)cc2c1N(C)C(=O)C2(C)C. The molecule has 168 valence electrons. The van der Waals surface area contributed by atoms with Crippen LogP contribution in [0, 0.1) is 6.92 Å². The molecule has 32 heavy (non-hydrogen) atoms. The molecule has 0 unspecified atom stereocenters. The summed E-state index contributed by atoms with van der Waals surface area (Å²) in [6, 6.07) is 3.70. The fraction of sp³-hybridized carbons (Fsp3) is 0.409. The highest BCUT2D eigenvalue weighted by Crippen LogP contribution is 2.44. The summed E-state index contributed by atoms with van der Waals surface area (Å²) in [5.74, 6) is 0.249. The van der Waals surface area contributed by atoms with Crippen LogP contribution in [0.15, 0.2) is 21.7 Å². The summed E-state index contributed by atoms with van der Waals surface area (Å²) in [7, 11) is 4.71. The molecule has 3 aromatic rings. The zero-order valence-electron chi connectivity index (χ0n) is 19.0. The molecule has 0 radical (unpaired) electrons. The largest absolute Gasteiger partial charge is 0.336 e. The van der Waals surface area contributed by atoms with Crippen molar-refractivity contribution < 1.29 is 9.59 Å². The van der Waals surface area contributed by atoms with Crippen LogP contribution in [0.4, 0.5) is 11.4 Å². The zero-order chi connectivity index (χ0) is 23.5. The minimum Gasteiger partial charge on any atom is -0.336 e. The lowest BCUT2D eigenvalue weighted by molar-refractivity contribution is -0.121. The maximum Gasteiger partial charge on any atom is 0.332 e. The lowest BCUT2D eigenvalue weighted by atomic mass is 9.85. The van der Waals surface area contributed by atoms with E-state index in [2.05, 4.69) is 15.3 Å². The van der Waals surface area contributed by atoms with Crippen molar-refractivity contribution >= 4 is 34.4 Å². The highest BCUT2D eigenvalue weighted by atomic mass is 16.2. The third-order valence-electron chi connectivity index (χ3n) is 6.16. The predicted octanol–water partition coefficient (Wildman–Crippen LogP) is 1.09. The first-order valence-electron chi connectivity index (χ1n) is 10.3. The van der Waals surface area contributed by atoms with Gasteiger partial charge in [-0.05, 0) is 44.0 Å². The molecule has 3 heterocycles. The molecule has 2 N–H and O–H groups in total. The second kappa shape index (κ2) is 7.18. The Hall–Kier alpha value is -3.69. The first-order chi connectivity index (χ1) is 14.9. The Balaban J connectivity index is 1.53. The number of anilines is 2. The van der Waals surface area contributed by atoms with Crippen LogP contribution in [-0.2, 0) is 35.5 Å². The van der Waals surface area contributed by atoms with Gasteiger partial charge < -0.3 is 15.2 Å². The van der Waals surface area contributed by atoms with Crippen molar-refractivity contribution in [2.75, 3.05) is 17.3 Å². The molecule has 0 spiro atoms. The first-order valence-corrected chi connectivity index (χ1v) is 10.3. The van der Waals surface area contributed by atoms with Gasteiger partial charge in [0, 0.05) is 39.7 Å². The van der Waals surface area contributed by atoms with Crippen LogP contribution in [-0.4, -0.2) is 38.0 Å². The molecule has 10 heteroatoms. The highest BCUT2D eigenvalue weighted by Gasteiger charge is 2.43. The normalized spacial score (nSPS) is 14.8. The molecule has 1 aliphatic rings. The Labute approximate surface area is 183 Å². The number of hydrogen-bond acceptors (Lipinski definition) is 5. The van der Waals surface area contributed by atoms with Crippen LogP contribution in [0.1, 0.15) is 37.2 Å². The van der Waals surface area contributed by atoms with Crippen LogP contribution < -0.4 is 21.5 Å². The standard InChI is InChI=1S/C22H26N6O4/c1-11-9-12(10-13-17(11)26(4)20(31)22(13,2)3)23-15(29)8-7-14-24-16-18(25-14)27(5)21(32)28(6)19(16)30/h9-10H,7-8H2,1-6H3,(H,23,29)(H,24,25). The van der Waals surface area contributed by atoms with E-state index in [-0.39, 0.29) is 35.8 Å². The lowest BCUT2D eigenvalue weighted by Gasteiger charge is -2.17. The summed E-state index contributed by atoms with van der Waals surface area (Å²) in [5.41, 5.74) is 2.22. The molecule has 1 aliphatic heterocycles. The number of aromatic amines is 1. The van der Waals surface area contributed by atoms with Crippen molar-refractivity contribution in [2.45, 2.75) is 39.0 Å². The van der Waals surface area contributed by atoms with Gasteiger partial charge in [0.15, 0.2) is 5.65 Å². The Morgan fingerprint density at radius 2 is 1.81 bits per heavy atom. The Morgan fingerprint density at radius 1 is 1.12 bits per heavy atom. The zero-order valence-corrected chi connectivity index (χ0v) is 19.0. The minimum atomic E-state index is -0.661. The number of carbonyl (C=O) groups excluding carboxylic acids is 2. The van der Waals surface area contributed by atoms with Gasteiger partial charge in [-0.1, -0.05) is 0 Å². The van der Waals surface area contributed by atoms with Gasteiger partial charge in [-0.2, -0.15) is 0 Å². The van der Waals surface area contributed by atoms with Crippen molar-refractivity contribution in [3.05, 3.63) is 49.9 Å². The van der Waals surface area contributed by atoms with Crippen LogP contribution in [0.5, 0.6) is 0 Å². The monoisotopic (exact) mass is 438 g/mol. The second-order valence-electron chi connectivity index (χ2n) is 8.81. The van der Waals surface area contributed by atoms with Crippen molar-refractivity contribution in [1.29, 1.82) is 0 Å². The van der Waals surface area contributed by atoms with Crippen LogP contribution in [0.2, 0.25) is 0 Å². The third-order valence-corrected chi connectivity index (χ3v) is 6.16. The van der Waals surface area contributed by atoms with Crippen molar-refractivity contribution in [3.63, 3.8) is 0 Å². The first kappa shape index (κ1) is 21.5. The molecule has 4 rings (SSSR count). The smallest absolute Gasteiger partial charge is 0.332 e. The Morgan fingerprint density at radius 3 is 2.50 bits per heavy atom. The number of hydrogen-bond donors (Lipinski definition) is 2. The molecule has 0 atom stereocenters. The van der Waals surface area contributed by atoms with Gasteiger partial charge in [-0.15, -0.1) is 0 Å². The van der Waals surface area contributed by atoms with E-state index in [1.54, 1.807) is 19.0 Å². The summed E-state index contributed by atoms with van der Waals surface area (Å²) >= 11 is 0. The Bertz CT molecular complexity index is 1410. The maximum atomic E-state index is 12.6. The highest BCUT2D eigenvalue weighted by molar-refractivity contribution is 6.08. The van der Waals surface area contributed by atoms with Gasteiger partial charge >= 0.3 is 5.69 Å².